The van der Waals surface area contributed by atoms with Gasteiger partial charge in [-0.2, -0.15) is 0 Å². The van der Waals surface area contributed by atoms with Crippen molar-refractivity contribution in [3.63, 3.8) is 0 Å². The van der Waals surface area contributed by atoms with Crippen LogP contribution in [0.15, 0.2) is 72.6 Å². The molecule has 4 rings (SSSR count). The fourth-order valence-corrected chi connectivity index (χ4v) is 4.43. The summed E-state index contributed by atoms with van der Waals surface area (Å²) in [6.07, 6.45) is 1.61. The Morgan fingerprint density at radius 1 is 1.03 bits per heavy atom. The topological polar surface area (TPSA) is 59.1 Å². The van der Waals surface area contributed by atoms with Gasteiger partial charge in [0.2, 0.25) is 12.7 Å². The Morgan fingerprint density at radius 2 is 1.88 bits per heavy atom. The van der Waals surface area contributed by atoms with Crippen molar-refractivity contribution in [2.24, 2.45) is 0 Å². The molecule has 3 aromatic rings. The second kappa shape index (κ2) is 10.6. The number of thiophene rings is 1. The molecule has 0 radical (unpaired) electrons. The third-order valence-electron chi connectivity index (χ3n) is 5.12. The highest BCUT2D eigenvalue weighted by atomic mass is 35.5. The van der Waals surface area contributed by atoms with E-state index in [1.807, 2.05) is 35.7 Å². The van der Waals surface area contributed by atoms with Gasteiger partial charge in [-0.3, -0.25) is 9.59 Å². The first-order chi connectivity index (χ1) is 16.0. The minimum atomic E-state index is -0.273. The fourth-order valence-electron chi connectivity index (χ4n) is 3.53. The summed E-state index contributed by atoms with van der Waals surface area (Å²) in [5, 5.41) is 2.44. The van der Waals surface area contributed by atoms with Crippen LogP contribution in [-0.2, 0) is 17.9 Å². The predicted molar refractivity (Wildman–Crippen MR) is 129 cm³/mol. The molecule has 2 amide bonds. The summed E-state index contributed by atoms with van der Waals surface area (Å²) in [6, 6.07) is 16.3. The van der Waals surface area contributed by atoms with Crippen molar-refractivity contribution >= 4 is 34.8 Å². The molecule has 2 heterocycles. The van der Waals surface area contributed by atoms with E-state index in [0.717, 1.165) is 10.4 Å². The quantitative estimate of drug-likeness (QED) is 0.403. The first-order valence-corrected chi connectivity index (χ1v) is 11.6. The molecule has 0 saturated carbocycles. The largest absolute Gasteiger partial charge is 0.454 e. The van der Waals surface area contributed by atoms with Crippen molar-refractivity contribution in [2.75, 3.05) is 19.9 Å². The third-order valence-corrected chi connectivity index (χ3v) is 6.22. The number of halogens is 1. The van der Waals surface area contributed by atoms with Gasteiger partial charge < -0.3 is 19.3 Å². The molecule has 6 nitrogen and oxygen atoms in total. The number of ether oxygens (including phenoxy) is 2. The maximum atomic E-state index is 13.4. The molecule has 33 heavy (non-hydrogen) atoms. The van der Waals surface area contributed by atoms with Crippen LogP contribution in [0.2, 0.25) is 5.02 Å². The highest BCUT2D eigenvalue weighted by molar-refractivity contribution is 7.09. The van der Waals surface area contributed by atoms with Gasteiger partial charge in [0, 0.05) is 28.6 Å². The molecule has 1 aliphatic heterocycles. The Labute approximate surface area is 201 Å². The van der Waals surface area contributed by atoms with Gasteiger partial charge in [0.1, 0.15) is 6.54 Å². The number of benzene rings is 2. The number of rotatable bonds is 9. The maximum Gasteiger partial charge on any atom is 0.254 e. The molecular formula is C25H23ClN2O4S. The van der Waals surface area contributed by atoms with Gasteiger partial charge in [0.25, 0.3) is 5.91 Å². The van der Waals surface area contributed by atoms with Crippen LogP contribution >= 0.6 is 22.9 Å². The van der Waals surface area contributed by atoms with Crippen LogP contribution in [0.5, 0.6) is 11.5 Å². The molecule has 0 fully saturated rings. The minimum absolute atomic E-state index is 0.0761. The summed E-state index contributed by atoms with van der Waals surface area (Å²) in [4.78, 5) is 30.8. The number of carbonyl (C=O) groups is 2. The number of amides is 2. The molecule has 1 aliphatic rings. The lowest BCUT2D eigenvalue weighted by Gasteiger charge is -2.27. The SMILES string of the molecule is C=CCN(CC(=O)N(Cc1ccc2c(c1)OCO2)Cc1cccs1)C(=O)c1cccc(Cl)c1. The smallest absolute Gasteiger partial charge is 0.254 e. The lowest BCUT2D eigenvalue weighted by molar-refractivity contribution is -0.133. The lowest BCUT2D eigenvalue weighted by Crippen LogP contribution is -2.42. The summed E-state index contributed by atoms with van der Waals surface area (Å²) in [5.41, 5.74) is 1.35. The van der Waals surface area contributed by atoms with Crippen LogP contribution in [0.25, 0.3) is 0 Å². The average Bonchev–Trinajstić information content (AvgIpc) is 3.49. The van der Waals surface area contributed by atoms with Gasteiger partial charge in [-0.25, -0.2) is 0 Å². The Balaban J connectivity index is 1.53. The monoisotopic (exact) mass is 482 g/mol. The Bertz CT molecular complexity index is 1150. The first kappa shape index (κ1) is 22.9. The molecule has 0 saturated heterocycles. The lowest BCUT2D eigenvalue weighted by atomic mass is 10.1. The number of nitrogens with zero attached hydrogens (tertiary/aromatic N) is 2. The molecule has 2 aromatic carbocycles. The zero-order valence-electron chi connectivity index (χ0n) is 17.9. The van der Waals surface area contributed by atoms with E-state index in [2.05, 4.69) is 6.58 Å². The van der Waals surface area contributed by atoms with Gasteiger partial charge >= 0.3 is 0 Å². The van der Waals surface area contributed by atoms with Crippen molar-refractivity contribution in [1.82, 2.24) is 9.80 Å². The highest BCUT2D eigenvalue weighted by Gasteiger charge is 2.23. The van der Waals surface area contributed by atoms with Crippen molar-refractivity contribution in [1.29, 1.82) is 0 Å². The third kappa shape index (κ3) is 5.74. The van der Waals surface area contributed by atoms with Crippen LogP contribution < -0.4 is 9.47 Å². The van der Waals surface area contributed by atoms with Crippen LogP contribution in [-0.4, -0.2) is 41.5 Å². The maximum absolute atomic E-state index is 13.4. The first-order valence-electron chi connectivity index (χ1n) is 10.4. The molecule has 0 N–H and O–H groups in total. The zero-order valence-corrected chi connectivity index (χ0v) is 19.5. The Morgan fingerprint density at radius 3 is 2.64 bits per heavy atom. The second-order valence-corrected chi connectivity index (χ2v) is 8.97. The zero-order chi connectivity index (χ0) is 23.2. The van der Waals surface area contributed by atoms with E-state index in [1.165, 1.54) is 4.90 Å². The number of carbonyl (C=O) groups excluding carboxylic acids is 2. The van der Waals surface area contributed by atoms with Crippen LogP contribution in [0.1, 0.15) is 20.8 Å². The Hall–Kier alpha value is -3.29. The second-order valence-electron chi connectivity index (χ2n) is 7.50. The van der Waals surface area contributed by atoms with Crippen molar-refractivity contribution < 1.29 is 19.1 Å². The molecule has 0 aliphatic carbocycles. The van der Waals surface area contributed by atoms with Gasteiger partial charge in [-0.15, -0.1) is 17.9 Å². The summed E-state index contributed by atoms with van der Waals surface area (Å²) in [5.74, 6) is 0.919. The molecule has 1 aromatic heterocycles. The minimum Gasteiger partial charge on any atom is -0.454 e. The van der Waals surface area contributed by atoms with E-state index < -0.39 is 0 Å². The summed E-state index contributed by atoms with van der Waals surface area (Å²) < 4.78 is 10.9. The van der Waals surface area contributed by atoms with Crippen LogP contribution in [0.3, 0.4) is 0 Å². The van der Waals surface area contributed by atoms with Gasteiger partial charge in [0.05, 0.1) is 6.54 Å². The number of fused-ring (bicyclic) bond motifs is 1. The number of hydrogen-bond acceptors (Lipinski definition) is 5. The molecular weight excluding hydrogens is 460 g/mol. The standard InChI is InChI=1S/C25H23ClN2O4S/c1-2-10-27(25(30)19-5-3-6-20(26)13-19)16-24(29)28(15-21-7-4-11-33-21)14-18-8-9-22-23(12-18)32-17-31-22/h2-9,11-13H,1,10,14-17H2. The highest BCUT2D eigenvalue weighted by Crippen LogP contribution is 2.33. The van der Waals surface area contributed by atoms with Crippen molar-refractivity contribution in [2.45, 2.75) is 13.1 Å². The normalized spacial score (nSPS) is 11.8. The van der Waals surface area contributed by atoms with Crippen molar-refractivity contribution in [3.05, 3.63) is 93.7 Å². The van der Waals surface area contributed by atoms with Crippen molar-refractivity contribution in [3.8, 4) is 11.5 Å². The molecule has 0 spiro atoms. The van der Waals surface area contributed by atoms with Crippen LogP contribution in [0.4, 0.5) is 0 Å². The molecule has 0 bridgehead atoms. The Kier molecular flexibility index (Phi) is 7.32. The van der Waals surface area contributed by atoms with E-state index in [1.54, 1.807) is 46.6 Å². The summed E-state index contributed by atoms with van der Waals surface area (Å²) in [7, 11) is 0. The van der Waals surface area contributed by atoms with Crippen LogP contribution in [0, 0.1) is 0 Å². The molecule has 0 atom stereocenters. The molecule has 170 valence electrons. The number of hydrogen-bond donors (Lipinski definition) is 0. The summed E-state index contributed by atoms with van der Waals surface area (Å²) >= 11 is 7.64. The van der Waals surface area contributed by atoms with Gasteiger partial charge in [-0.05, 0) is 47.3 Å². The van der Waals surface area contributed by atoms with E-state index in [9.17, 15) is 9.59 Å². The fraction of sp³-hybridized carbons (Fsp3) is 0.200. The molecule has 0 unspecified atom stereocenters. The summed E-state index contributed by atoms with van der Waals surface area (Å²) in [6.45, 7) is 4.92. The van der Waals surface area contributed by atoms with E-state index >= 15 is 0 Å². The van der Waals surface area contributed by atoms with E-state index in [-0.39, 0.29) is 31.7 Å². The van der Waals surface area contributed by atoms with Gasteiger partial charge in [0.15, 0.2) is 11.5 Å². The van der Waals surface area contributed by atoms with Gasteiger partial charge in [-0.1, -0.05) is 35.9 Å². The average molecular weight is 483 g/mol. The van der Waals surface area contributed by atoms with E-state index in [4.69, 9.17) is 21.1 Å². The predicted octanol–water partition coefficient (Wildman–Crippen LogP) is 4.99. The van der Waals surface area contributed by atoms with E-state index in [0.29, 0.717) is 35.2 Å². The molecule has 8 heteroatoms.